The van der Waals surface area contributed by atoms with E-state index in [1.807, 2.05) is 0 Å². The number of hydrogen-bond acceptors (Lipinski definition) is 4. The van der Waals surface area contributed by atoms with Gasteiger partial charge in [0.25, 0.3) is 10.0 Å². The zero-order valence-corrected chi connectivity index (χ0v) is 17.3. The number of methoxy groups -OCH3 is 1. The average Bonchev–Trinajstić information content (AvgIpc) is 2.74. The van der Waals surface area contributed by atoms with Crippen molar-refractivity contribution in [2.24, 2.45) is 0 Å². The van der Waals surface area contributed by atoms with Gasteiger partial charge in [0.2, 0.25) is 5.91 Å². The molecule has 0 unspecified atom stereocenters. The second kappa shape index (κ2) is 8.96. The van der Waals surface area contributed by atoms with Gasteiger partial charge in [-0.1, -0.05) is 18.2 Å². The van der Waals surface area contributed by atoms with Crippen molar-refractivity contribution in [2.45, 2.75) is 11.8 Å². The quantitative estimate of drug-likeness (QED) is 0.618. The lowest BCUT2D eigenvalue weighted by Gasteiger charge is -2.24. The zero-order valence-electron chi connectivity index (χ0n) is 16.5. The molecule has 0 heterocycles. The molecule has 0 saturated heterocycles. The molecule has 0 fully saturated rings. The average molecular weight is 428 g/mol. The summed E-state index contributed by atoms with van der Waals surface area (Å²) in [4.78, 5) is 12.6. The highest BCUT2D eigenvalue weighted by Crippen LogP contribution is 2.27. The Morgan fingerprint density at radius 3 is 2.30 bits per heavy atom. The van der Waals surface area contributed by atoms with Crippen LogP contribution in [0.4, 0.5) is 15.8 Å². The largest absolute Gasteiger partial charge is 0.496 e. The van der Waals surface area contributed by atoms with Crippen LogP contribution in [0, 0.1) is 12.7 Å². The van der Waals surface area contributed by atoms with Gasteiger partial charge in [0.05, 0.1) is 17.7 Å². The third kappa shape index (κ3) is 4.77. The number of hydrogen-bond donors (Lipinski definition) is 1. The fourth-order valence-electron chi connectivity index (χ4n) is 2.91. The number of rotatable bonds is 7. The van der Waals surface area contributed by atoms with Gasteiger partial charge in [0.15, 0.2) is 0 Å². The molecule has 3 rings (SSSR count). The number of amides is 1. The molecule has 0 aliphatic heterocycles. The van der Waals surface area contributed by atoms with Crippen LogP contribution in [0.1, 0.15) is 5.56 Å². The van der Waals surface area contributed by atoms with Crippen LogP contribution in [0.15, 0.2) is 77.7 Å². The maximum atomic E-state index is 13.4. The number of nitrogens with zero attached hydrogens (tertiary/aromatic N) is 1. The molecule has 0 atom stereocenters. The van der Waals surface area contributed by atoms with Crippen molar-refractivity contribution in [2.75, 3.05) is 23.3 Å². The summed E-state index contributed by atoms with van der Waals surface area (Å²) in [6.45, 7) is 1.29. The van der Waals surface area contributed by atoms with Crippen molar-refractivity contribution in [3.63, 3.8) is 0 Å². The molecule has 156 valence electrons. The SMILES string of the molecule is COc1ccc(S(=O)(=O)N(CC(=O)Nc2ccc(F)cc2)c2ccccc2)cc1C. The highest BCUT2D eigenvalue weighted by molar-refractivity contribution is 7.92. The maximum absolute atomic E-state index is 13.4. The molecule has 1 N–H and O–H groups in total. The first-order valence-corrected chi connectivity index (χ1v) is 10.5. The van der Waals surface area contributed by atoms with Gasteiger partial charge < -0.3 is 10.1 Å². The smallest absolute Gasteiger partial charge is 0.264 e. The first-order chi connectivity index (χ1) is 14.3. The number of carbonyl (C=O) groups is 1. The molecule has 0 saturated carbocycles. The van der Waals surface area contributed by atoms with E-state index in [2.05, 4.69) is 5.32 Å². The summed E-state index contributed by atoms with van der Waals surface area (Å²) in [6, 6.07) is 18.1. The third-order valence-corrected chi connectivity index (χ3v) is 6.18. The van der Waals surface area contributed by atoms with Gasteiger partial charge >= 0.3 is 0 Å². The second-order valence-corrected chi connectivity index (χ2v) is 8.40. The minimum Gasteiger partial charge on any atom is -0.496 e. The van der Waals surface area contributed by atoms with Crippen LogP contribution in [-0.2, 0) is 14.8 Å². The Bertz CT molecular complexity index is 1130. The number of aryl methyl sites for hydroxylation is 1. The van der Waals surface area contributed by atoms with E-state index in [9.17, 15) is 17.6 Å². The van der Waals surface area contributed by atoms with E-state index in [-0.39, 0.29) is 4.90 Å². The molecule has 3 aromatic rings. The molecular formula is C22H21FN2O4S. The Morgan fingerprint density at radius 2 is 1.70 bits per heavy atom. The standard InChI is InChI=1S/C22H21FN2O4S/c1-16-14-20(12-13-21(16)29-2)30(27,28)25(19-6-4-3-5-7-19)15-22(26)24-18-10-8-17(23)9-11-18/h3-14H,15H2,1-2H3,(H,24,26). The lowest BCUT2D eigenvalue weighted by atomic mass is 10.2. The molecular weight excluding hydrogens is 407 g/mol. The molecule has 1 amide bonds. The summed E-state index contributed by atoms with van der Waals surface area (Å²) in [5.41, 5.74) is 1.37. The minimum absolute atomic E-state index is 0.0410. The van der Waals surface area contributed by atoms with Crippen molar-refractivity contribution in [1.29, 1.82) is 0 Å². The van der Waals surface area contributed by atoms with E-state index in [1.165, 1.54) is 43.5 Å². The lowest BCUT2D eigenvalue weighted by molar-refractivity contribution is -0.114. The monoisotopic (exact) mass is 428 g/mol. The fraction of sp³-hybridized carbons (Fsp3) is 0.136. The first-order valence-electron chi connectivity index (χ1n) is 9.09. The molecule has 30 heavy (non-hydrogen) atoms. The van der Waals surface area contributed by atoms with Crippen LogP contribution < -0.4 is 14.4 Å². The number of anilines is 2. The Kier molecular flexibility index (Phi) is 6.37. The highest BCUT2D eigenvalue weighted by Gasteiger charge is 2.27. The molecule has 0 aliphatic carbocycles. The van der Waals surface area contributed by atoms with Gasteiger partial charge in [-0.05, 0) is 67.1 Å². The minimum atomic E-state index is -4.04. The predicted octanol–water partition coefficient (Wildman–Crippen LogP) is 3.98. The van der Waals surface area contributed by atoms with Crippen LogP contribution in [0.25, 0.3) is 0 Å². The Morgan fingerprint density at radius 1 is 1.03 bits per heavy atom. The van der Waals surface area contributed by atoms with Gasteiger partial charge in [-0.25, -0.2) is 12.8 Å². The van der Waals surface area contributed by atoms with Gasteiger partial charge in [0.1, 0.15) is 18.1 Å². The van der Waals surface area contributed by atoms with Crippen LogP contribution in [0.2, 0.25) is 0 Å². The van der Waals surface area contributed by atoms with E-state index >= 15 is 0 Å². The van der Waals surface area contributed by atoms with Gasteiger partial charge in [-0.2, -0.15) is 0 Å². The number of carbonyl (C=O) groups excluding carboxylic acids is 1. The van der Waals surface area contributed by atoms with E-state index in [1.54, 1.807) is 43.3 Å². The van der Waals surface area contributed by atoms with Crippen molar-refractivity contribution in [1.82, 2.24) is 0 Å². The molecule has 0 spiro atoms. The van der Waals surface area contributed by atoms with E-state index in [0.717, 1.165) is 4.31 Å². The Balaban J connectivity index is 1.93. The van der Waals surface area contributed by atoms with Crippen LogP contribution >= 0.6 is 0 Å². The molecule has 0 aliphatic rings. The molecule has 3 aromatic carbocycles. The highest BCUT2D eigenvalue weighted by atomic mass is 32.2. The number of ether oxygens (including phenoxy) is 1. The van der Waals surface area contributed by atoms with Gasteiger partial charge in [0, 0.05) is 5.69 Å². The van der Waals surface area contributed by atoms with E-state index in [0.29, 0.717) is 22.7 Å². The topological polar surface area (TPSA) is 75.7 Å². The number of halogens is 1. The summed E-state index contributed by atoms with van der Waals surface area (Å²) >= 11 is 0. The van der Waals surface area contributed by atoms with Crippen molar-refractivity contribution >= 4 is 27.3 Å². The fourth-order valence-corrected chi connectivity index (χ4v) is 4.42. The number of benzene rings is 3. The summed E-state index contributed by atoms with van der Waals surface area (Å²) in [5, 5.41) is 2.59. The predicted molar refractivity (Wildman–Crippen MR) is 114 cm³/mol. The Labute approximate surface area is 175 Å². The summed E-state index contributed by atoms with van der Waals surface area (Å²) in [7, 11) is -2.53. The maximum Gasteiger partial charge on any atom is 0.264 e. The zero-order chi connectivity index (χ0) is 21.7. The summed E-state index contributed by atoms with van der Waals surface area (Å²) in [5.74, 6) is -0.426. The molecule has 0 bridgehead atoms. The van der Waals surface area contributed by atoms with Gasteiger partial charge in [-0.15, -0.1) is 0 Å². The molecule has 0 aromatic heterocycles. The normalized spacial score (nSPS) is 11.0. The Hall–Kier alpha value is -3.39. The van der Waals surface area contributed by atoms with Crippen molar-refractivity contribution < 1.29 is 22.3 Å². The number of nitrogens with one attached hydrogen (secondary N) is 1. The third-order valence-electron chi connectivity index (χ3n) is 4.41. The van der Waals surface area contributed by atoms with Crippen LogP contribution in [-0.4, -0.2) is 28.0 Å². The summed E-state index contributed by atoms with van der Waals surface area (Å²) in [6.07, 6.45) is 0. The van der Waals surface area contributed by atoms with Crippen LogP contribution in [0.5, 0.6) is 5.75 Å². The van der Waals surface area contributed by atoms with E-state index < -0.39 is 28.3 Å². The number of sulfonamides is 1. The van der Waals surface area contributed by atoms with Crippen LogP contribution in [0.3, 0.4) is 0 Å². The second-order valence-electron chi connectivity index (χ2n) is 6.53. The first kappa shape index (κ1) is 21.3. The number of para-hydroxylation sites is 1. The molecule has 6 nitrogen and oxygen atoms in total. The van der Waals surface area contributed by atoms with Crippen molar-refractivity contribution in [3.05, 3.63) is 84.2 Å². The molecule has 0 radical (unpaired) electrons. The van der Waals surface area contributed by atoms with Gasteiger partial charge in [-0.3, -0.25) is 9.10 Å². The van der Waals surface area contributed by atoms with E-state index in [4.69, 9.17) is 4.74 Å². The summed E-state index contributed by atoms with van der Waals surface area (Å²) < 4.78 is 46.1. The lowest BCUT2D eigenvalue weighted by Crippen LogP contribution is -2.38. The van der Waals surface area contributed by atoms with Crippen molar-refractivity contribution in [3.8, 4) is 5.75 Å². The molecule has 8 heteroatoms.